The Morgan fingerprint density at radius 3 is 1.80 bits per heavy atom. The summed E-state index contributed by atoms with van der Waals surface area (Å²) in [5.41, 5.74) is -0.640. The molecule has 2 aromatic rings. The van der Waals surface area contributed by atoms with Gasteiger partial charge in [0.15, 0.2) is 35.7 Å². The molecule has 25 heavy (non-hydrogen) atoms. The number of benzene rings is 1. The maximum atomic E-state index is 12.5. The van der Waals surface area contributed by atoms with E-state index >= 15 is 0 Å². The molecule has 0 radical (unpaired) electrons. The SMILES string of the molecule is CCCC[n+]1ccc(C)cc1.O=C([O-])c1c(F)c(F)c(F)c(F)c1F. The van der Waals surface area contributed by atoms with Crippen LogP contribution in [0, 0.1) is 36.0 Å². The lowest BCUT2D eigenvalue weighted by Gasteiger charge is -2.07. The normalized spacial score (nSPS) is 10.2. The Kier molecular flexibility index (Phi) is 7.47. The largest absolute Gasteiger partial charge is 0.545 e. The molecule has 1 heterocycles. The first-order valence-corrected chi connectivity index (χ1v) is 7.39. The van der Waals surface area contributed by atoms with Crippen LogP contribution in [0.25, 0.3) is 0 Å². The molecule has 0 aliphatic heterocycles. The van der Waals surface area contributed by atoms with Crippen molar-refractivity contribution in [3.8, 4) is 0 Å². The molecule has 0 bridgehead atoms. The second-order valence-corrected chi connectivity index (χ2v) is 5.20. The van der Waals surface area contributed by atoms with E-state index in [1.54, 1.807) is 0 Å². The summed E-state index contributed by atoms with van der Waals surface area (Å²) >= 11 is 0. The zero-order valence-electron chi connectivity index (χ0n) is 13.6. The van der Waals surface area contributed by atoms with Gasteiger partial charge in [0.25, 0.3) is 0 Å². The lowest BCUT2D eigenvalue weighted by atomic mass is 10.1. The van der Waals surface area contributed by atoms with Gasteiger partial charge in [-0.1, -0.05) is 13.3 Å². The number of nitrogens with zero attached hydrogens (tertiary/aromatic N) is 1. The van der Waals surface area contributed by atoms with Crippen LogP contribution in [0.15, 0.2) is 24.5 Å². The molecule has 0 N–H and O–H groups in total. The minimum Gasteiger partial charge on any atom is -0.545 e. The van der Waals surface area contributed by atoms with Gasteiger partial charge in [-0.3, -0.25) is 0 Å². The number of carboxylic acids is 1. The van der Waals surface area contributed by atoms with Crippen molar-refractivity contribution in [3.05, 3.63) is 64.7 Å². The molecule has 1 aromatic heterocycles. The molecule has 0 fully saturated rings. The van der Waals surface area contributed by atoms with Crippen LogP contribution in [0.4, 0.5) is 22.0 Å². The van der Waals surface area contributed by atoms with Gasteiger partial charge < -0.3 is 9.90 Å². The summed E-state index contributed by atoms with van der Waals surface area (Å²) in [6, 6.07) is 4.30. The number of hydrogen-bond acceptors (Lipinski definition) is 2. The molecule has 1 aromatic carbocycles. The molecule has 0 aliphatic rings. The molecule has 8 heteroatoms. The number of rotatable bonds is 4. The fourth-order valence-electron chi connectivity index (χ4n) is 1.81. The third-order valence-electron chi connectivity index (χ3n) is 3.24. The van der Waals surface area contributed by atoms with E-state index in [0.29, 0.717) is 0 Å². The van der Waals surface area contributed by atoms with Crippen molar-refractivity contribution < 1.29 is 36.4 Å². The van der Waals surface area contributed by atoms with Gasteiger partial charge in [0.05, 0.1) is 11.5 Å². The van der Waals surface area contributed by atoms with Crippen LogP contribution in [-0.4, -0.2) is 5.97 Å². The summed E-state index contributed by atoms with van der Waals surface area (Å²) in [5, 5.41) is 10.0. The number of aromatic carboxylic acids is 1. The van der Waals surface area contributed by atoms with E-state index in [-0.39, 0.29) is 0 Å². The Hall–Kier alpha value is -2.51. The van der Waals surface area contributed by atoms with E-state index in [0.717, 1.165) is 6.54 Å². The topological polar surface area (TPSA) is 44.0 Å². The number of unbranched alkanes of at least 4 members (excludes halogenated alkanes) is 1. The fraction of sp³-hybridized carbons (Fsp3) is 0.294. The highest BCUT2D eigenvalue weighted by molar-refractivity contribution is 5.86. The third-order valence-corrected chi connectivity index (χ3v) is 3.24. The van der Waals surface area contributed by atoms with Crippen LogP contribution in [0.5, 0.6) is 0 Å². The van der Waals surface area contributed by atoms with Gasteiger partial charge in [-0.2, -0.15) is 0 Å². The van der Waals surface area contributed by atoms with E-state index in [9.17, 15) is 31.9 Å². The van der Waals surface area contributed by atoms with E-state index in [2.05, 4.69) is 42.9 Å². The van der Waals surface area contributed by atoms with Gasteiger partial charge in [-0.05, 0) is 12.5 Å². The van der Waals surface area contributed by atoms with Gasteiger partial charge in [-0.15, -0.1) is 0 Å². The molecule has 0 aliphatic carbocycles. The van der Waals surface area contributed by atoms with Crippen molar-refractivity contribution >= 4 is 5.97 Å². The first kappa shape index (κ1) is 20.5. The summed E-state index contributed by atoms with van der Waals surface area (Å²) in [6.45, 7) is 5.48. The lowest BCUT2D eigenvalue weighted by Crippen LogP contribution is -2.32. The van der Waals surface area contributed by atoms with Gasteiger partial charge in [0.2, 0.25) is 5.82 Å². The highest BCUT2D eigenvalue weighted by Gasteiger charge is 2.25. The predicted octanol–water partition coefficient (Wildman–Crippen LogP) is 2.83. The molecule has 0 amide bonds. The Morgan fingerprint density at radius 2 is 1.40 bits per heavy atom. The van der Waals surface area contributed by atoms with Crippen molar-refractivity contribution in [2.75, 3.05) is 0 Å². The van der Waals surface area contributed by atoms with Crippen molar-refractivity contribution in [3.63, 3.8) is 0 Å². The highest BCUT2D eigenvalue weighted by atomic mass is 19.2. The summed E-state index contributed by atoms with van der Waals surface area (Å²) < 4.78 is 64.2. The second-order valence-electron chi connectivity index (χ2n) is 5.20. The minimum absolute atomic E-state index is 1.15. The van der Waals surface area contributed by atoms with Crippen LogP contribution in [0.3, 0.4) is 0 Å². The number of pyridine rings is 1. The molecule has 3 nitrogen and oxygen atoms in total. The zero-order valence-corrected chi connectivity index (χ0v) is 13.6. The van der Waals surface area contributed by atoms with Crippen LogP contribution in [0.1, 0.15) is 35.7 Å². The molecule has 0 atom stereocenters. The number of aryl methyl sites for hydroxylation is 2. The average molecular weight is 361 g/mol. The van der Waals surface area contributed by atoms with Crippen molar-refractivity contribution in [2.45, 2.75) is 33.2 Å². The molecule has 0 saturated carbocycles. The van der Waals surface area contributed by atoms with Crippen LogP contribution in [-0.2, 0) is 6.54 Å². The number of carbonyl (C=O) groups is 1. The number of halogens is 5. The molecular formula is C17H16F5NO2. The molecule has 0 spiro atoms. The van der Waals surface area contributed by atoms with Gasteiger partial charge in [0.1, 0.15) is 6.54 Å². The first-order chi connectivity index (χ1) is 11.7. The zero-order chi connectivity index (χ0) is 19.1. The van der Waals surface area contributed by atoms with E-state index < -0.39 is 40.6 Å². The quantitative estimate of drug-likeness (QED) is 0.364. The molecule has 0 unspecified atom stereocenters. The molecule has 2 rings (SSSR count). The Labute approximate surface area is 141 Å². The number of carboxylic acid groups (broad SMARTS) is 1. The van der Waals surface area contributed by atoms with Crippen molar-refractivity contribution in [2.24, 2.45) is 0 Å². The number of aromatic nitrogens is 1. The van der Waals surface area contributed by atoms with Crippen LogP contribution >= 0.6 is 0 Å². The first-order valence-electron chi connectivity index (χ1n) is 7.39. The van der Waals surface area contributed by atoms with Crippen molar-refractivity contribution in [1.29, 1.82) is 0 Å². The summed E-state index contributed by atoms with van der Waals surface area (Å²) in [6.07, 6.45) is 6.82. The summed E-state index contributed by atoms with van der Waals surface area (Å²) in [5.74, 6) is -14.4. The second kappa shape index (κ2) is 9.10. The average Bonchev–Trinajstić information content (AvgIpc) is 2.58. The smallest absolute Gasteiger partial charge is 0.200 e. The fourth-order valence-corrected chi connectivity index (χ4v) is 1.81. The standard InChI is InChI=1S/C10H16N.C7HF5O2/c1-3-4-7-11-8-5-10(2)6-9-11;8-2-1(7(13)14)3(9)5(11)6(12)4(2)10/h5-6,8-9H,3-4,7H2,1-2H3;(H,13,14)/q+1;/p-1. The Bertz CT molecular complexity index is 719. The minimum atomic E-state index is -2.47. The van der Waals surface area contributed by atoms with Crippen LogP contribution in [0.2, 0.25) is 0 Å². The van der Waals surface area contributed by atoms with Gasteiger partial charge in [-0.25, -0.2) is 26.5 Å². The predicted molar refractivity (Wildman–Crippen MR) is 76.8 cm³/mol. The Balaban J connectivity index is 0.000000257. The molecule has 136 valence electrons. The maximum absolute atomic E-state index is 12.5. The van der Waals surface area contributed by atoms with Crippen LogP contribution < -0.4 is 9.67 Å². The lowest BCUT2D eigenvalue weighted by molar-refractivity contribution is -0.697. The summed E-state index contributed by atoms with van der Waals surface area (Å²) in [4.78, 5) is 10.0. The Morgan fingerprint density at radius 1 is 0.960 bits per heavy atom. The van der Waals surface area contributed by atoms with Gasteiger partial charge >= 0.3 is 0 Å². The van der Waals surface area contributed by atoms with Crippen molar-refractivity contribution in [1.82, 2.24) is 0 Å². The van der Waals surface area contributed by atoms with Gasteiger partial charge in [0, 0.05) is 18.6 Å². The summed E-state index contributed by atoms with van der Waals surface area (Å²) in [7, 11) is 0. The molecule has 0 saturated heterocycles. The van der Waals surface area contributed by atoms with E-state index in [4.69, 9.17) is 0 Å². The van der Waals surface area contributed by atoms with E-state index in [1.165, 1.54) is 18.4 Å². The third kappa shape index (κ3) is 5.23. The van der Waals surface area contributed by atoms with E-state index in [1.807, 2.05) is 0 Å². The maximum Gasteiger partial charge on any atom is 0.200 e. The monoisotopic (exact) mass is 361 g/mol. The number of hydrogen-bond donors (Lipinski definition) is 0. The molecular weight excluding hydrogens is 345 g/mol. The number of carbonyl (C=O) groups excluding carboxylic acids is 1. The highest BCUT2D eigenvalue weighted by Crippen LogP contribution is 2.22.